The van der Waals surface area contributed by atoms with Crippen LogP contribution in [0, 0.1) is 6.57 Å². The predicted octanol–water partition coefficient (Wildman–Crippen LogP) is 0.621. The number of carbonyl (C=O) groups excluding carboxylic acids is 1. The first-order valence-electron chi connectivity index (χ1n) is 6.13. The summed E-state index contributed by atoms with van der Waals surface area (Å²) < 4.78 is 5.78. The summed E-state index contributed by atoms with van der Waals surface area (Å²) in [6.07, 6.45) is 1.09. The topological polar surface area (TPSA) is 45.9 Å². The second-order valence-electron chi connectivity index (χ2n) is 5.03. The maximum absolute atomic E-state index is 12.1. The van der Waals surface area contributed by atoms with Crippen molar-refractivity contribution < 1.29 is 9.53 Å². The Labute approximate surface area is 102 Å². The molecule has 5 heteroatoms. The summed E-state index contributed by atoms with van der Waals surface area (Å²) >= 11 is 0. The van der Waals surface area contributed by atoms with Gasteiger partial charge in [0.2, 0.25) is 0 Å². The molecular formula is C12H19N3O2. The number of ether oxygens (including phenoxy) is 1. The van der Waals surface area contributed by atoms with Crippen LogP contribution in [0.3, 0.4) is 0 Å². The Morgan fingerprint density at radius 3 is 3.00 bits per heavy atom. The highest BCUT2D eigenvalue weighted by molar-refractivity contribution is 5.86. The number of nitrogens with zero attached hydrogens (tertiary/aromatic N) is 2. The molecule has 2 heterocycles. The van der Waals surface area contributed by atoms with E-state index in [0.717, 1.165) is 6.42 Å². The SMILES string of the molecule is [C-]#[N+][C@@H]1C[C@]2(CN1C(C)C)OCCCNC2=O. The fraction of sp³-hybridized carbons (Fsp3) is 0.833. The van der Waals surface area contributed by atoms with Crippen molar-refractivity contribution in [2.75, 3.05) is 19.7 Å². The van der Waals surface area contributed by atoms with Crippen LogP contribution in [0.5, 0.6) is 0 Å². The summed E-state index contributed by atoms with van der Waals surface area (Å²) in [5.41, 5.74) is -0.796. The molecule has 1 amide bonds. The number of amides is 1. The first-order valence-corrected chi connectivity index (χ1v) is 6.13. The normalized spacial score (nSPS) is 34.7. The van der Waals surface area contributed by atoms with Gasteiger partial charge in [0.05, 0.1) is 6.42 Å². The van der Waals surface area contributed by atoms with Gasteiger partial charge in [-0.25, -0.2) is 11.5 Å². The van der Waals surface area contributed by atoms with Gasteiger partial charge < -0.3 is 10.1 Å². The summed E-state index contributed by atoms with van der Waals surface area (Å²) in [6.45, 7) is 13.1. The Hall–Kier alpha value is -1.12. The molecule has 17 heavy (non-hydrogen) atoms. The van der Waals surface area contributed by atoms with E-state index in [2.05, 4.69) is 15.1 Å². The highest BCUT2D eigenvalue weighted by atomic mass is 16.5. The van der Waals surface area contributed by atoms with Crippen LogP contribution < -0.4 is 5.32 Å². The van der Waals surface area contributed by atoms with Crippen LogP contribution in [0.4, 0.5) is 0 Å². The Morgan fingerprint density at radius 2 is 2.41 bits per heavy atom. The number of nitrogens with one attached hydrogen (secondary N) is 1. The summed E-state index contributed by atoms with van der Waals surface area (Å²) in [4.78, 5) is 17.8. The van der Waals surface area contributed by atoms with Gasteiger partial charge in [-0.3, -0.25) is 9.64 Å². The molecule has 2 atom stereocenters. The van der Waals surface area contributed by atoms with E-state index in [1.165, 1.54) is 0 Å². The monoisotopic (exact) mass is 237 g/mol. The van der Waals surface area contributed by atoms with Crippen LogP contribution in [0.25, 0.3) is 4.85 Å². The number of carbonyl (C=O) groups is 1. The van der Waals surface area contributed by atoms with Crippen molar-refractivity contribution >= 4 is 5.91 Å². The van der Waals surface area contributed by atoms with E-state index < -0.39 is 5.60 Å². The standard InChI is InChI=1S/C12H19N3O2/c1-9(2)15-8-12(7-10(15)13-3)11(16)14-5-4-6-17-12/h9-10H,4-8H2,1-2H3,(H,14,16)/t10-,12+/m0/s1. The summed E-state index contributed by atoms with van der Waals surface area (Å²) in [6, 6.07) is 0.258. The molecule has 0 aromatic rings. The van der Waals surface area contributed by atoms with E-state index in [-0.39, 0.29) is 18.1 Å². The van der Waals surface area contributed by atoms with Crippen LogP contribution in [-0.4, -0.2) is 48.3 Å². The Kier molecular flexibility index (Phi) is 3.36. The van der Waals surface area contributed by atoms with Crippen LogP contribution in [0.2, 0.25) is 0 Å². The molecule has 2 aliphatic rings. The van der Waals surface area contributed by atoms with Crippen molar-refractivity contribution in [2.45, 2.75) is 44.5 Å². The first-order chi connectivity index (χ1) is 8.09. The van der Waals surface area contributed by atoms with Crippen molar-refractivity contribution in [2.24, 2.45) is 0 Å². The van der Waals surface area contributed by atoms with Gasteiger partial charge in [0.1, 0.15) is 0 Å². The number of likely N-dealkylation sites (tertiary alicyclic amines) is 1. The van der Waals surface area contributed by atoms with Crippen molar-refractivity contribution in [3.05, 3.63) is 11.4 Å². The lowest BCUT2D eigenvalue weighted by molar-refractivity contribution is -0.143. The third kappa shape index (κ3) is 2.15. The average Bonchev–Trinajstić information content (AvgIpc) is 2.59. The van der Waals surface area contributed by atoms with Gasteiger partial charge in [-0.1, -0.05) is 0 Å². The highest BCUT2D eigenvalue weighted by Gasteiger charge is 2.54. The van der Waals surface area contributed by atoms with Gasteiger partial charge in [-0.2, -0.15) is 0 Å². The molecular weight excluding hydrogens is 218 g/mol. The Morgan fingerprint density at radius 1 is 1.65 bits per heavy atom. The zero-order valence-corrected chi connectivity index (χ0v) is 10.4. The van der Waals surface area contributed by atoms with Crippen molar-refractivity contribution in [3.8, 4) is 0 Å². The molecule has 0 radical (unpaired) electrons. The summed E-state index contributed by atoms with van der Waals surface area (Å²) in [7, 11) is 0. The minimum atomic E-state index is -0.796. The van der Waals surface area contributed by atoms with Gasteiger partial charge in [-0.15, -0.1) is 0 Å². The predicted molar refractivity (Wildman–Crippen MR) is 63.2 cm³/mol. The van der Waals surface area contributed by atoms with Gasteiger partial charge in [-0.05, 0) is 20.3 Å². The van der Waals surface area contributed by atoms with Gasteiger partial charge in [0.25, 0.3) is 12.1 Å². The van der Waals surface area contributed by atoms with Crippen molar-refractivity contribution in [3.63, 3.8) is 0 Å². The third-order valence-corrected chi connectivity index (χ3v) is 3.54. The van der Waals surface area contributed by atoms with Gasteiger partial charge in [0.15, 0.2) is 5.60 Å². The molecule has 0 saturated carbocycles. The number of hydrogen-bond donors (Lipinski definition) is 1. The molecule has 94 valence electrons. The van der Waals surface area contributed by atoms with Gasteiger partial charge >= 0.3 is 0 Å². The highest BCUT2D eigenvalue weighted by Crippen LogP contribution is 2.34. The number of rotatable bonds is 1. The van der Waals surface area contributed by atoms with E-state index in [4.69, 9.17) is 11.3 Å². The minimum absolute atomic E-state index is 0.0493. The largest absolute Gasteiger partial charge is 0.363 e. The molecule has 0 bridgehead atoms. The molecule has 0 aromatic heterocycles. The van der Waals surface area contributed by atoms with Crippen molar-refractivity contribution in [1.29, 1.82) is 0 Å². The molecule has 5 nitrogen and oxygen atoms in total. The molecule has 2 saturated heterocycles. The number of hydrogen-bond acceptors (Lipinski definition) is 3. The smallest absolute Gasteiger partial charge is 0.283 e. The molecule has 2 fully saturated rings. The van der Waals surface area contributed by atoms with E-state index in [0.29, 0.717) is 26.1 Å². The fourth-order valence-electron chi connectivity index (χ4n) is 2.56. The third-order valence-electron chi connectivity index (χ3n) is 3.54. The lowest BCUT2D eigenvalue weighted by Crippen LogP contribution is -2.49. The fourth-order valence-corrected chi connectivity index (χ4v) is 2.56. The van der Waals surface area contributed by atoms with Crippen molar-refractivity contribution in [1.82, 2.24) is 10.2 Å². The van der Waals surface area contributed by atoms with E-state index in [9.17, 15) is 4.79 Å². The second kappa shape index (κ2) is 4.63. The molecule has 0 aliphatic carbocycles. The van der Waals surface area contributed by atoms with Crippen LogP contribution in [0.15, 0.2) is 0 Å². The Bertz CT molecular complexity index is 350. The van der Waals surface area contributed by atoms with Gasteiger partial charge in [0, 0.05) is 25.7 Å². The minimum Gasteiger partial charge on any atom is -0.363 e. The quantitative estimate of drug-likeness (QED) is 0.680. The maximum Gasteiger partial charge on any atom is 0.283 e. The molecule has 0 unspecified atom stereocenters. The molecule has 2 rings (SSSR count). The molecule has 1 spiro atoms. The zero-order valence-electron chi connectivity index (χ0n) is 10.4. The first kappa shape index (κ1) is 12.3. The average molecular weight is 237 g/mol. The molecule has 0 aromatic carbocycles. The van der Waals surface area contributed by atoms with Crippen LogP contribution in [-0.2, 0) is 9.53 Å². The second-order valence-corrected chi connectivity index (χ2v) is 5.03. The lowest BCUT2D eigenvalue weighted by Gasteiger charge is -2.26. The summed E-state index contributed by atoms with van der Waals surface area (Å²) in [5.74, 6) is -0.0493. The lowest BCUT2D eigenvalue weighted by atomic mass is 10.0. The van der Waals surface area contributed by atoms with Crippen LogP contribution >= 0.6 is 0 Å². The van der Waals surface area contributed by atoms with E-state index >= 15 is 0 Å². The van der Waals surface area contributed by atoms with E-state index in [1.54, 1.807) is 0 Å². The Balaban J connectivity index is 2.22. The van der Waals surface area contributed by atoms with Crippen LogP contribution in [0.1, 0.15) is 26.7 Å². The van der Waals surface area contributed by atoms with E-state index in [1.807, 2.05) is 13.8 Å². The zero-order chi connectivity index (χ0) is 12.5. The summed E-state index contributed by atoms with van der Waals surface area (Å²) in [5, 5.41) is 2.89. The maximum atomic E-state index is 12.1. The molecule has 2 aliphatic heterocycles. The molecule has 1 N–H and O–H groups in total.